The Hall–Kier alpha value is -2.97. The predicted octanol–water partition coefficient (Wildman–Crippen LogP) is 2.54. The van der Waals surface area contributed by atoms with Crippen molar-refractivity contribution in [1.29, 1.82) is 0 Å². The summed E-state index contributed by atoms with van der Waals surface area (Å²) in [4.78, 5) is 43.7. The van der Waals surface area contributed by atoms with E-state index in [1.807, 2.05) is 35.2 Å². The molecule has 1 spiro atoms. The van der Waals surface area contributed by atoms with Crippen LogP contribution >= 0.6 is 11.6 Å². The van der Waals surface area contributed by atoms with Crippen LogP contribution in [0.1, 0.15) is 19.3 Å². The number of piperidine rings is 1. The van der Waals surface area contributed by atoms with Crippen molar-refractivity contribution in [2.75, 3.05) is 29.6 Å². The quantitative estimate of drug-likeness (QED) is 0.719. The Labute approximate surface area is 189 Å². The topological polar surface area (TPSA) is 73.0 Å². The van der Waals surface area contributed by atoms with Gasteiger partial charge in [0, 0.05) is 18.8 Å². The number of hydrogen-bond donors (Lipinski definition) is 1. The summed E-state index contributed by atoms with van der Waals surface area (Å²) < 4.78 is 13.5. The smallest absolute Gasteiger partial charge is 0.251 e. The molecule has 3 saturated heterocycles. The number of rotatable bonds is 3. The second-order valence-electron chi connectivity index (χ2n) is 8.38. The monoisotopic (exact) mass is 456 g/mol. The van der Waals surface area contributed by atoms with Gasteiger partial charge in [-0.1, -0.05) is 29.8 Å². The van der Waals surface area contributed by atoms with Crippen LogP contribution in [0.5, 0.6) is 0 Å². The molecule has 3 heterocycles. The maximum absolute atomic E-state index is 13.5. The second kappa shape index (κ2) is 7.86. The number of amides is 3. The van der Waals surface area contributed by atoms with Crippen molar-refractivity contribution in [3.63, 3.8) is 0 Å². The first-order valence-corrected chi connectivity index (χ1v) is 11.0. The number of nitrogens with one attached hydrogen (secondary N) is 1. The fourth-order valence-corrected chi connectivity index (χ4v) is 5.21. The number of imide groups is 1. The number of likely N-dealkylation sites (tertiary alicyclic amines) is 1. The van der Waals surface area contributed by atoms with Crippen molar-refractivity contribution in [2.24, 2.45) is 0 Å². The first-order valence-electron chi connectivity index (χ1n) is 10.6. The van der Waals surface area contributed by atoms with Gasteiger partial charge in [0.2, 0.25) is 11.8 Å². The van der Waals surface area contributed by atoms with Crippen LogP contribution in [0, 0.1) is 5.82 Å². The molecule has 9 heteroatoms. The molecule has 1 unspecified atom stereocenters. The molecule has 3 aliphatic heterocycles. The molecule has 3 fully saturated rings. The molecule has 32 heavy (non-hydrogen) atoms. The zero-order chi connectivity index (χ0) is 22.5. The van der Waals surface area contributed by atoms with Crippen molar-refractivity contribution in [3.8, 4) is 0 Å². The lowest BCUT2D eigenvalue weighted by atomic mass is 9.85. The van der Waals surface area contributed by atoms with Crippen molar-refractivity contribution >= 4 is 40.7 Å². The van der Waals surface area contributed by atoms with Gasteiger partial charge in [0.1, 0.15) is 11.4 Å². The van der Waals surface area contributed by atoms with E-state index in [2.05, 4.69) is 10.2 Å². The highest BCUT2D eigenvalue weighted by molar-refractivity contribution is 6.31. The molecule has 7 nitrogen and oxygen atoms in total. The van der Waals surface area contributed by atoms with E-state index in [9.17, 15) is 18.8 Å². The maximum atomic E-state index is 13.5. The van der Waals surface area contributed by atoms with Crippen LogP contribution in [0.15, 0.2) is 48.5 Å². The molecule has 0 radical (unpaired) electrons. The molecular weight excluding hydrogens is 435 g/mol. The summed E-state index contributed by atoms with van der Waals surface area (Å²) >= 11 is 5.84. The van der Waals surface area contributed by atoms with Crippen LogP contribution < -0.4 is 15.1 Å². The number of anilines is 2. The molecule has 3 amide bonds. The van der Waals surface area contributed by atoms with E-state index in [0.29, 0.717) is 32.6 Å². The zero-order valence-corrected chi connectivity index (χ0v) is 18.0. The average molecular weight is 457 g/mol. The van der Waals surface area contributed by atoms with Gasteiger partial charge in [-0.15, -0.1) is 0 Å². The van der Waals surface area contributed by atoms with E-state index in [1.165, 1.54) is 12.1 Å². The number of benzene rings is 2. The third-order valence-electron chi connectivity index (χ3n) is 6.76. The summed E-state index contributed by atoms with van der Waals surface area (Å²) in [5.74, 6) is -1.29. The van der Waals surface area contributed by atoms with E-state index < -0.39 is 17.4 Å². The number of para-hydroxylation sites is 1. The third kappa shape index (κ3) is 3.25. The van der Waals surface area contributed by atoms with Crippen molar-refractivity contribution in [1.82, 2.24) is 10.2 Å². The molecule has 0 saturated carbocycles. The zero-order valence-electron chi connectivity index (χ0n) is 17.3. The van der Waals surface area contributed by atoms with Crippen molar-refractivity contribution in [3.05, 3.63) is 59.4 Å². The normalized spacial score (nSPS) is 23.3. The van der Waals surface area contributed by atoms with Gasteiger partial charge in [0.15, 0.2) is 0 Å². The molecule has 3 aliphatic rings. The van der Waals surface area contributed by atoms with Crippen LogP contribution in [0.25, 0.3) is 0 Å². The average Bonchev–Trinajstić information content (AvgIpc) is 3.27. The van der Waals surface area contributed by atoms with Gasteiger partial charge in [-0.05, 0) is 43.2 Å². The van der Waals surface area contributed by atoms with Crippen molar-refractivity contribution < 1.29 is 18.8 Å². The highest BCUT2D eigenvalue weighted by atomic mass is 35.5. The maximum Gasteiger partial charge on any atom is 0.251 e. The van der Waals surface area contributed by atoms with Crippen LogP contribution in [0.4, 0.5) is 15.8 Å². The van der Waals surface area contributed by atoms with Crippen LogP contribution in [0.2, 0.25) is 5.02 Å². The van der Waals surface area contributed by atoms with Gasteiger partial charge in [0.25, 0.3) is 5.91 Å². The van der Waals surface area contributed by atoms with Gasteiger partial charge in [0.05, 0.1) is 29.8 Å². The number of carbonyl (C=O) groups excluding carboxylic acids is 3. The fraction of sp³-hybridized carbons (Fsp3) is 0.348. The molecule has 2 aromatic carbocycles. The van der Waals surface area contributed by atoms with Crippen molar-refractivity contribution in [2.45, 2.75) is 30.8 Å². The summed E-state index contributed by atoms with van der Waals surface area (Å²) in [6.07, 6.45) is 1.15. The highest BCUT2D eigenvalue weighted by Gasteiger charge is 2.52. The number of halogens is 2. The van der Waals surface area contributed by atoms with E-state index in [4.69, 9.17) is 11.6 Å². The predicted molar refractivity (Wildman–Crippen MR) is 118 cm³/mol. The van der Waals surface area contributed by atoms with E-state index >= 15 is 0 Å². The van der Waals surface area contributed by atoms with Gasteiger partial charge < -0.3 is 10.2 Å². The van der Waals surface area contributed by atoms with Crippen LogP contribution in [-0.2, 0) is 14.4 Å². The largest absolute Gasteiger partial charge is 0.339 e. The summed E-state index contributed by atoms with van der Waals surface area (Å²) in [6.45, 7) is 1.47. The lowest BCUT2D eigenvalue weighted by Gasteiger charge is -2.44. The van der Waals surface area contributed by atoms with Gasteiger partial charge in [-0.3, -0.25) is 19.3 Å². The Morgan fingerprint density at radius 3 is 2.41 bits per heavy atom. The number of carbonyl (C=O) groups is 3. The minimum atomic E-state index is -0.659. The first kappa shape index (κ1) is 20.9. The Morgan fingerprint density at radius 2 is 1.72 bits per heavy atom. The summed E-state index contributed by atoms with van der Waals surface area (Å²) in [6, 6.07) is 13.0. The van der Waals surface area contributed by atoms with Gasteiger partial charge in [-0.2, -0.15) is 0 Å². The molecule has 1 atom stereocenters. The molecule has 5 rings (SSSR count). The minimum Gasteiger partial charge on any atom is -0.339 e. The SMILES string of the molecule is O=C1CC(N2CCC3(CC2)C(=O)NCN3c2ccccc2)C(=O)N1c1ccc(F)c(Cl)c1. The summed E-state index contributed by atoms with van der Waals surface area (Å²) in [7, 11) is 0. The molecular formula is C23H22ClFN4O3. The standard InChI is InChI=1S/C23H22ClFN4O3/c24-17-12-16(6-7-18(17)25)29-20(30)13-19(21(29)31)27-10-8-23(9-11-27)22(32)26-14-28(23)15-4-2-1-3-5-15/h1-7,12,19H,8-11,13-14H2,(H,26,32). The lowest BCUT2D eigenvalue weighted by Crippen LogP contribution is -2.58. The van der Waals surface area contributed by atoms with Crippen LogP contribution in [0.3, 0.4) is 0 Å². The third-order valence-corrected chi connectivity index (χ3v) is 7.04. The molecule has 2 aromatic rings. The fourth-order valence-electron chi connectivity index (χ4n) is 5.03. The molecule has 0 aliphatic carbocycles. The Morgan fingerprint density at radius 1 is 1.00 bits per heavy atom. The van der Waals surface area contributed by atoms with E-state index in [-0.39, 0.29) is 34.9 Å². The summed E-state index contributed by atoms with van der Waals surface area (Å²) in [5.41, 5.74) is 0.590. The minimum absolute atomic E-state index is 0.00240. The lowest BCUT2D eigenvalue weighted by molar-refractivity contribution is -0.126. The Kier molecular flexibility index (Phi) is 5.14. The first-order chi connectivity index (χ1) is 15.4. The van der Waals surface area contributed by atoms with Gasteiger partial charge in [-0.25, -0.2) is 9.29 Å². The Balaban J connectivity index is 1.33. The highest BCUT2D eigenvalue weighted by Crippen LogP contribution is 2.38. The molecule has 0 aromatic heterocycles. The van der Waals surface area contributed by atoms with E-state index in [1.54, 1.807) is 0 Å². The Bertz CT molecular complexity index is 1090. The van der Waals surface area contributed by atoms with E-state index in [0.717, 1.165) is 16.7 Å². The number of hydrogen-bond acceptors (Lipinski definition) is 5. The summed E-state index contributed by atoms with van der Waals surface area (Å²) in [5, 5.41) is 2.82. The molecule has 166 valence electrons. The number of nitrogens with zero attached hydrogens (tertiary/aromatic N) is 3. The molecule has 0 bridgehead atoms. The molecule has 1 N–H and O–H groups in total. The second-order valence-corrected chi connectivity index (χ2v) is 8.79. The van der Waals surface area contributed by atoms with Gasteiger partial charge >= 0.3 is 0 Å². The van der Waals surface area contributed by atoms with Crippen LogP contribution in [-0.4, -0.2) is 54.0 Å².